The molecule has 0 radical (unpaired) electrons. The summed E-state index contributed by atoms with van der Waals surface area (Å²) in [5, 5.41) is 10.4. The van der Waals surface area contributed by atoms with Crippen molar-refractivity contribution in [3.63, 3.8) is 0 Å². The van der Waals surface area contributed by atoms with Gasteiger partial charge in [0.15, 0.2) is 9.84 Å². The largest absolute Gasteiger partial charge is 0.493 e. The Morgan fingerprint density at radius 3 is 2.45 bits per heavy atom. The second-order valence-electron chi connectivity index (χ2n) is 13.9. The van der Waals surface area contributed by atoms with Gasteiger partial charge < -0.3 is 19.1 Å². The lowest BCUT2D eigenvalue weighted by Crippen LogP contribution is -2.40. The quantitative estimate of drug-likeness (QED) is 0.117. The number of pyridine rings is 1. The highest BCUT2D eigenvalue weighted by Gasteiger charge is 2.23. The van der Waals surface area contributed by atoms with Gasteiger partial charge in [-0.15, -0.1) is 0 Å². The summed E-state index contributed by atoms with van der Waals surface area (Å²) in [6.07, 6.45) is 7.59. The molecule has 2 fully saturated rings. The van der Waals surface area contributed by atoms with Crippen LogP contribution in [-0.4, -0.2) is 73.5 Å². The van der Waals surface area contributed by atoms with E-state index in [0.717, 1.165) is 71.5 Å². The zero-order chi connectivity index (χ0) is 37.4. The number of benzene rings is 3. The number of piperidine rings is 1. The van der Waals surface area contributed by atoms with E-state index in [1.807, 2.05) is 55.5 Å². The molecule has 0 spiro atoms. The summed E-state index contributed by atoms with van der Waals surface area (Å²) in [5.74, 6) is 2.40. The Labute approximate surface area is 323 Å². The van der Waals surface area contributed by atoms with Gasteiger partial charge in [-0.3, -0.25) is 9.88 Å². The molecule has 9 nitrogen and oxygen atoms in total. The van der Waals surface area contributed by atoms with Crippen molar-refractivity contribution in [2.75, 3.05) is 44.3 Å². The molecule has 53 heavy (non-hydrogen) atoms. The number of ether oxygens (including phenoxy) is 3. The molecular weight excluding hydrogens is 731 g/mol. The minimum atomic E-state index is -2.89. The molecule has 0 saturated carbocycles. The summed E-state index contributed by atoms with van der Waals surface area (Å²) in [5.41, 5.74) is 5.88. The minimum Gasteiger partial charge on any atom is -0.493 e. The van der Waals surface area contributed by atoms with Gasteiger partial charge in [0, 0.05) is 72.9 Å². The highest BCUT2D eigenvalue weighted by molar-refractivity contribution is 7.91. The van der Waals surface area contributed by atoms with Crippen LogP contribution in [0.15, 0.2) is 67.0 Å². The van der Waals surface area contributed by atoms with Crippen molar-refractivity contribution in [2.45, 2.75) is 65.3 Å². The van der Waals surface area contributed by atoms with E-state index in [-0.39, 0.29) is 24.7 Å². The molecule has 0 bridgehead atoms. The fourth-order valence-electron chi connectivity index (χ4n) is 6.91. The third-order valence-corrected chi connectivity index (χ3v) is 12.4. The topological polar surface area (TPSA) is 105 Å². The number of nitriles is 1. The number of hydrogen-bond donors (Lipinski definition) is 0. The first-order valence-corrected chi connectivity index (χ1v) is 20.8. The minimum absolute atomic E-state index is 0.190. The number of rotatable bonds is 14. The molecule has 2 aliphatic heterocycles. The predicted octanol–water partition coefficient (Wildman–Crippen LogP) is 8.27. The Morgan fingerprint density at radius 1 is 0.887 bits per heavy atom. The van der Waals surface area contributed by atoms with Gasteiger partial charge >= 0.3 is 0 Å². The Morgan fingerprint density at radius 2 is 1.66 bits per heavy atom. The van der Waals surface area contributed by atoms with Crippen LogP contribution in [0.2, 0.25) is 10.0 Å². The van der Waals surface area contributed by atoms with Gasteiger partial charge in [0.1, 0.15) is 36.5 Å². The zero-order valence-corrected chi connectivity index (χ0v) is 32.7. The van der Waals surface area contributed by atoms with Crippen LogP contribution in [0.25, 0.3) is 11.1 Å². The number of nitrogens with zero attached hydrogens (tertiary/aromatic N) is 4. The van der Waals surface area contributed by atoms with Gasteiger partial charge in [0.05, 0.1) is 33.7 Å². The Balaban J connectivity index is 1.15. The normalized spacial score (nSPS) is 17.6. The summed E-state index contributed by atoms with van der Waals surface area (Å²) in [7, 11) is -2.89. The van der Waals surface area contributed by atoms with Gasteiger partial charge in [-0.25, -0.2) is 8.42 Å². The predicted molar refractivity (Wildman–Crippen MR) is 210 cm³/mol. The molecule has 280 valence electrons. The molecule has 0 N–H and O–H groups in total. The molecule has 0 unspecified atom stereocenters. The van der Waals surface area contributed by atoms with E-state index < -0.39 is 9.84 Å². The van der Waals surface area contributed by atoms with Crippen LogP contribution in [0.3, 0.4) is 0 Å². The van der Waals surface area contributed by atoms with Crippen molar-refractivity contribution in [1.82, 2.24) is 14.8 Å². The zero-order valence-electron chi connectivity index (χ0n) is 30.3. The van der Waals surface area contributed by atoms with E-state index in [1.165, 1.54) is 12.6 Å². The molecule has 6 rings (SSSR count). The Bertz CT molecular complexity index is 2040. The van der Waals surface area contributed by atoms with Crippen molar-refractivity contribution >= 4 is 33.0 Å². The number of likely N-dealkylation sites (tertiary alicyclic amines) is 1. The van der Waals surface area contributed by atoms with Crippen LogP contribution in [0.1, 0.15) is 60.4 Å². The van der Waals surface area contributed by atoms with E-state index in [9.17, 15) is 13.7 Å². The van der Waals surface area contributed by atoms with E-state index in [2.05, 4.69) is 27.8 Å². The maximum absolute atomic E-state index is 11.7. The lowest BCUT2D eigenvalue weighted by molar-refractivity contribution is 0.150. The fourth-order valence-corrected chi connectivity index (χ4v) is 8.71. The van der Waals surface area contributed by atoms with Gasteiger partial charge in [0.2, 0.25) is 0 Å². The van der Waals surface area contributed by atoms with Crippen molar-refractivity contribution in [1.29, 1.82) is 5.26 Å². The second-order valence-corrected chi connectivity index (χ2v) is 17.0. The van der Waals surface area contributed by atoms with Gasteiger partial charge in [-0.2, -0.15) is 5.26 Å². The van der Waals surface area contributed by atoms with E-state index in [0.29, 0.717) is 59.4 Å². The molecule has 3 heterocycles. The molecule has 1 atom stereocenters. The van der Waals surface area contributed by atoms with Crippen LogP contribution in [0.5, 0.6) is 17.2 Å². The molecule has 2 aliphatic rings. The lowest BCUT2D eigenvalue weighted by Gasteiger charge is -2.33. The number of aromatic nitrogens is 1. The van der Waals surface area contributed by atoms with E-state index in [1.54, 1.807) is 12.3 Å². The second kappa shape index (κ2) is 18.0. The Hall–Kier alpha value is -3.85. The average molecular weight is 778 g/mol. The molecule has 1 aromatic heterocycles. The van der Waals surface area contributed by atoms with Crippen LogP contribution < -0.4 is 14.2 Å². The summed E-state index contributed by atoms with van der Waals surface area (Å²) in [6.45, 7) is 8.93. The van der Waals surface area contributed by atoms with Gasteiger partial charge in [-0.1, -0.05) is 60.0 Å². The third kappa shape index (κ3) is 10.2. The molecule has 4 aromatic rings. The van der Waals surface area contributed by atoms with E-state index in [4.69, 9.17) is 37.4 Å². The summed E-state index contributed by atoms with van der Waals surface area (Å²) < 4.78 is 42.4. The number of hydrogen-bond acceptors (Lipinski definition) is 9. The van der Waals surface area contributed by atoms with Crippen LogP contribution in [0, 0.1) is 18.3 Å². The maximum Gasteiger partial charge on any atom is 0.152 e. The molecular formula is C41H46Cl2N4O5S. The first-order chi connectivity index (χ1) is 25.6. The van der Waals surface area contributed by atoms with Crippen molar-refractivity contribution in [3.05, 3.63) is 105 Å². The van der Waals surface area contributed by atoms with Crippen molar-refractivity contribution in [2.24, 2.45) is 0 Å². The number of sulfone groups is 1. The molecule has 3 aromatic carbocycles. The smallest absolute Gasteiger partial charge is 0.152 e. The highest BCUT2D eigenvalue weighted by atomic mass is 35.5. The average Bonchev–Trinajstić information content (AvgIpc) is 3.15. The Kier molecular flexibility index (Phi) is 13.2. The molecule has 0 aliphatic carbocycles. The SMILES string of the molecule is Cc1c(OCCCN2CCS(=O)(=O)CC2)cccc1-c1cccc(COc2cc(OCc3cncc(C#N)c3)c(CN3CCCC[C@H]3C)cc2Cl)c1Cl. The van der Waals surface area contributed by atoms with Gasteiger partial charge in [-0.05, 0) is 69.0 Å². The fraction of sp³-hybridized carbons (Fsp3) is 0.415. The number of halogens is 2. The molecule has 2 saturated heterocycles. The van der Waals surface area contributed by atoms with Crippen LogP contribution >= 0.6 is 23.2 Å². The molecule has 0 amide bonds. The van der Waals surface area contributed by atoms with E-state index >= 15 is 0 Å². The summed E-state index contributed by atoms with van der Waals surface area (Å²) in [6, 6.07) is 20.0. The van der Waals surface area contributed by atoms with Crippen LogP contribution in [0.4, 0.5) is 0 Å². The lowest BCUT2D eigenvalue weighted by atomic mass is 9.98. The summed E-state index contributed by atoms with van der Waals surface area (Å²) in [4.78, 5) is 8.82. The first kappa shape index (κ1) is 38.9. The monoisotopic (exact) mass is 776 g/mol. The molecule has 12 heteroatoms. The first-order valence-electron chi connectivity index (χ1n) is 18.2. The van der Waals surface area contributed by atoms with Crippen molar-refractivity contribution < 1.29 is 22.6 Å². The maximum atomic E-state index is 11.7. The van der Waals surface area contributed by atoms with Crippen LogP contribution in [-0.2, 0) is 29.6 Å². The third-order valence-electron chi connectivity index (χ3n) is 10.1. The standard InChI is InChI=1S/C41H46Cl2N4O5S/c1-29-8-3-4-14-47(29)26-34-21-37(42)40(22-39(34)51-27-32-20-31(23-44)24-45-25-32)52-28-33-9-5-11-36(41(33)43)35-10-6-12-38(30(35)2)50-17-7-13-46-15-18-53(48,49)19-16-46/h5-6,9-12,20-22,24-25,29H,3-4,7-8,13-19,26-28H2,1-2H3/t29-/m1/s1. The van der Waals surface area contributed by atoms with Crippen molar-refractivity contribution in [3.8, 4) is 34.4 Å². The highest BCUT2D eigenvalue weighted by Crippen LogP contribution is 2.39. The van der Waals surface area contributed by atoms with Gasteiger partial charge in [0.25, 0.3) is 0 Å². The summed E-state index contributed by atoms with van der Waals surface area (Å²) >= 11 is 13.9.